The zero-order chi connectivity index (χ0) is 13.0. The quantitative estimate of drug-likeness (QED) is 0.853. The average Bonchev–Trinajstić information content (AvgIpc) is 2.21. The van der Waals surface area contributed by atoms with Gasteiger partial charge in [-0.05, 0) is 37.7 Å². The Hall–Kier alpha value is -1.16. The molecular formula is C13H20F2N2. The van der Waals surface area contributed by atoms with Gasteiger partial charge in [0.05, 0.1) is 0 Å². The third-order valence-electron chi connectivity index (χ3n) is 2.59. The van der Waals surface area contributed by atoms with Crippen LogP contribution in [0.2, 0.25) is 0 Å². The lowest BCUT2D eigenvalue weighted by atomic mass is 10.0. The van der Waals surface area contributed by atoms with Crippen molar-refractivity contribution in [1.82, 2.24) is 4.90 Å². The highest BCUT2D eigenvalue weighted by Gasteiger charge is 2.12. The second kappa shape index (κ2) is 5.96. The van der Waals surface area contributed by atoms with Gasteiger partial charge >= 0.3 is 0 Å². The van der Waals surface area contributed by atoms with Crippen molar-refractivity contribution >= 4 is 5.69 Å². The monoisotopic (exact) mass is 242 g/mol. The van der Waals surface area contributed by atoms with Gasteiger partial charge in [-0.2, -0.15) is 0 Å². The Bertz CT molecular complexity index is 353. The molecule has 1 N–H and O–H groups in total. The molecule has 0 aliphatic heterocycles. The van der Waals surface area contributed by atoms with Crippen LogP contribution >= 0.6 is 0 Å². The first kappa shape index (κ1) is 13.9. The smallest absolute Gasteiger partial charge is 0.149 e. The van der Waals surface area contributed by atoms with Gasteiger partial charge in [0, 0.05) is 13.1 Å². The SMILES string of the molecule is CC(C)c1cc(F)c(NCCN(C)C)c(F)c1. The predicted octanol–water partition coefficient (Wildman–Crippen LogP) is 3.06. The lowest BCUT2D eigenvalue weighted by Crippen LogP contribution is -2.21. The van der Waals surface area contributed by atoms with Crippen molar-refractivity contribution in [1.29, 1.82) is 0 Å². The Balaban J connectivity index is 2.79. The van der Waals surface area contributed by atoms with E-state index in [9.17, 15) is 8.78 Å². The maximum absolute atomic E-state index is 13.7. The Morgan fingerprint density at radius 2 is 1.71 bits per heavy atom. The van der Waals surface area contributed by atoms with Gasteiger partial charge in [0.2, 0.25) is 0 Å². The van der Waals surface area contributed by atoms with Crippen molar-refractivity contribution in [3.05, 3.63) is 29.3 Å². The Morgan fingerprint density at radius 1 is 1.18 bits per heavy atom. The largest absolute Gasteiger partial charge is 0.379 e. The summed E-state index contributed by atoms with van der Waals surface area (Å²) in [7, 11) is 3.83. The number of halogens is 2. The lowest BCUT2D eigenvalue weighted by Gasteiger charge is -2.14. The molecule has 0 unspecified atom stereocenters. The normalized spacial score (nSPS) is 11.3. The average molecular weight is 242 g/mol. The number of nitrogens with one attached hydrogen (secondary N) is 1. The van der Waals surface area contributed by atoms with Crippen molar-refractivity contribution in [3.8, 4) is 0 Å². The summed E-state index contributed by atoms with van der Waals surface area (Å²) >= 11 is 0. The predicted molar refractivity (Wildman–Crippen MR) is 67.5 cm³/mol. The zero-order valence-corrected chi connectivity index (χ0v) is 10.8. The summed E-state index contributed by atoms with van der Waals surface area (Å²) in [6, 6.07) is 2.79. The first-order valence-electron chi connectivity index (χ1n) is 5.79. The molecule has 4 heteroatoms. The molecule has 0 amide bonds. The maximum Gasteiger partial charge on any atom is 0.149 e. The van der Waals surface area contributed by atoms with Crippen LogP contribution in [-0.4, -0.2) is 32.1 Å². The fraction of sp³-hybridized carbons (Fsp3) is 0.538. The molecule has 0 spiro atoms. The van der Waals surface area contributed by atoms with Gasteiger partial charge in [0.15, 0.2) is 0 Å². The van der Waals surface area contributed by atoms with Crippen LogP contribution < -0.4 is 5.32 Å². The molecule has 17 heavy (non-hydrogen) atoms. The number of hydrogen-bond acceptors (Lipinski definition) is 2. The number of hydrogen-bond donors (Lipinski definition) is 1. The van der Waals surface area contributed by atoms with Crippen LogP contribution in [0.1, 0.15) is 25.3 Å². The van der Waals surface area contributed by atoms with Gasteiger partial charge in [-0.1, -0.05) is 13.8 Å². The summed E-state index contributed by atoms with van der Waals surface area (Å²) in [5.74, 6) is -0.922. The van der Waals surface area contributed by atoms with E-state index >= 15 is 0 Å². The van der Waals surface area contributed by atoms with Gasteiger partial charge < -0.3 is 10.2 Å². The molecule has 0 saturated carbocycles. The summed E-state index contributed by atoms with van der Waals surface area (Å²) in [6.07, 6.45) is 0. The molecule has 1 aromatic rings. The minimum absolute atomic E-state index is 0.0312. The molecule has 0 aromatic heterocycles. The fourth-order valence-corrected chi connectivity index (χ4v) is 1.50. The summed E-state index contributed by atoms with van der Waals surface area (Å²) in [5, 5.41) is 2.79. The Labute approximate surface area is 102 Å². The van der Waals surface area contributed by atoms with Crippen LogP contribution in [0.3, 0.4) is 0 Å². The highest BCUT2D eigenvalue weighted by molar-refractivity contribution is 5.48. The highest BCUT2D eigenvalue weighted by atomic mass is 19.1. The number of nitrogens with zero attached hydrogens (tertiary/aromatic N) is 1. The van der Waals surface area contributed by atoms with E-state index in [-0.39, 0.29) is 11.6 Å². The third kappa shape index (κ3) is 3.97. The van der Waals surface area contributed by atoms with E-state index in [4.69, 9.17) is 0 Å². The topological polar surface area (TPSA) is 15.3 Å². The molecule has 0 heterocycles. The number of rotatable bonds is 5. The van der Waals surface area contributed by atoms with Crippen LogP contribution in [0.5, 0.6) is 0 Å². The second-order valence-corrected chi connectivity index (χ2v) is 4.74. The van der Waals surface area contributed by atoms with E-state index in [0.717, 1.165) is 6.54 Å². The van der Waals surface area contributed by atoms with Crippen molar-refractivity contribution in [2.45, 2.75) is 19.8 Å². The van der Waals surface area contributed by atoms with Crippen LogP contribution in [0.25, 0.3) is 0 Å². The van der Waals surface area contributed by atoms with E-state index in [1.54, 1.807) is 0 Å². The maximum atomic E-state index is 13.7. The number of anilines is 1. The zero-order valence-electron chi connectivity index (χ0n) is 10.8. The van der Waals surface area contributed by atoms with Gasteiger partial charge in [0.1, 0.15) is 17.3 Å². The van der Waals surface area contributed by atoms with Crippen LogP contribution in [-0.2, 0) is 0 Å². The number of benzene rings is 1. The molecule has 0 fully saturated rings. The van der Waals surface area contributed by atoms with E-state index < -0.39 is 11.6 Å². The van der Waals surface area contributed by atoms with Gasteiger partial charge in [-0.25, -0.2) is 8.78 Å². The van der Waals surface area contributed by atoms with E-state index in [2.05, 4.69) is 5.32 Å². The van der Waals surface area contributed by atoms with Crippen LogP contribution in [0.15, 0.2) is 12.1 Å². The first-order valence-corrected chi connectivity index (χ1v) is 5.79. The minimum Gasteiger partial charge on any atom is -0.379 e. The fourth-order valence-electron chi connectivity index (χ4n) is 1.50. The van der Waals surface area contributed by atoms with Crippen LogP contribution in [0.4, 0.5) is 14.5 Å². The molecule has 0 radical (unpaired) electrons. The van der Waals surface area contributed by atoms with E-state index in [1.165, 1.54) is 12.1 Å². The number of likely N-dealkylation sites (N-methyl/N-ethyl adjacent to an activating group) is 1. The standard InChI is InChI=1S/C13H20F2N2/c1-9(2)10-7-11(14)13(12(15)8-10)16-5-6-17(3)4/h7-9,16H,5-6H2,1-4H3. The minimum atomic E-state index is -0.521. The van der Waals surface area contributed by atoms with E-state index in [1.807, 2.05) is 32.8 Å². The van der Waals surface area contributed by atoms with Crippen LogP contribution in [0, 0.1) is 11.6 Å². The summed E-state index contributed by atoms with van der Waals surface area (Å²) in [5.41, 5.74) is 0.648. The summed E-state index contributed by atoms with van der Waals surface area (Å²) < 4.78 is 27.4. The molecule has 1 aromatic carbocycles. The van der Waals surface area contributed by atoms with E-state index in [0.29, 0.717) is 12.1 Å². The Kier molecular flexibility index (Phi) is 4.87. The van der Waals surface area contributed by atoms with Crippen molar-refractivity contribution in [2.75, 3.05) is 32.5 Å². The molecule has 2 nitrogen and oxygen atoms in total. The van der Waals surface area contributed by atoms with Crippen molar-refractivity contribution in [3.63, 3.8) is 0 Å². The Morgan fingerprint density at radius 3 is 2.12 bits per heavy atom. The highest BCUT2D eigenvalue weighted by Crippen LogP contribution is 2.24. The molecule has 0 saturated heterocycles. The molecule has 0 aliphatic carbocycles. The summed E-state index contributed by atoms with van der Waals surface area (Å²) in [6.45, 7) is 5.06. The lowest BCUT2D eigenvalue weighted by molar-refractivity contribution is 0.424. The third-order valence-corrected chi connectivity index (χ3v) is 2.59. The molecule has 0 bridgehead atoms. The second-order valence-electron chi connectivity index (χ2n) is 4.74. The molecule has 96 valence electrons. The summed E-state index contributed by atoms with van der Waals surface area (Å²) in [4.78, 5) is 1.95. The molecule has 1 rings (SSSR count). The van der Waals surface area contributed by atoms with Gasteiger partial charge in [-0.3, -0.25) is 0 Å². The first-order chi connectivity index (χ1) is 7.91. The van der Waals surface area contributed by atoms with Crippen molar-refractivity contribution in [2.24, 2.45) is 0 Å². The van der Waals surface area contributed by atoms with Gasteiger partial charge in [-0.15, -0.1) is 0 Å². The molecule has 0 atom stereocenters. The van der Waals surface area contributed by atoms with Gasteiger partial charge in [0.25, 0.3) is 0 Å². The molecule has 0 aliphatic rings. The molecular weight excluding hydrogens is 222 g/mol. The van der Waals surface area contributed by atoms with Crippen molar-refractivity contribution < 1.29 is 8.78 Å².